The fourth-order valence-corrected chi connectivity index (χ4v) is 1.66. The van der Waals surface area contributed by atoms with Crippen LogP contribution in [-0.4, -0.2) is 16.1 Å². The monoisotopic (exact) mass is 225 g/mol. The molecule has 2 heterocycles. The first kappa shape index (κ1) is 9.85. The number of aromatic nitrogens is 1. The number of rotatable bonds is 4. The zero-order valence-corrected chi connectivity index (χ0v) is 8.36. The second-order valence-corrected chi connectivity index (χ2v) is 3.58. The van der Waals surface area contributed by atoms with Gasteiger partial charge in [0.25, 0.3) is 5.22 Å². The van der Waals surface area contributed by atoms with Crippen molar-refractivity contribution < 1.29 is 18.7 Å². The number of carbonyl (C=O) groups is 1. The Labute approximate surface area is 89.1 Å². The van der Waals surface area contributed by atoms with Crippen LogP contribution in [0.1, 0.15) is 16.3 Å². The second kappa shape index (κ2) is 4.22. The van der Waals surface area contributed by atoms with E-state index in [0.717, 1.165) is 0 Å². The molecule has 6 heteroatoms. The summed E-state index contributed by atoms with van der Waals surface area (Å²) in [6, 6.07) is 3.05. The Morgan fingerprint density at radius 2 is 2.40 bits per heavy atom. The van der Waals surface area contributed by atoms with Crippen molar-refractivity contribution in [2.24, 2.45) is 0 Å². The minimum atomic E-state index is -1.07. The number of carboxylic acids is 1. The van der Waals surface area contributed by atoms with Crippen molar-refractivity contribution in [3.63, 3.8) is 0 Å². The van der Waals surface area contributed by atoms with Gasteiger partial charge in [0.05, 0.1) is 11.9 Å². The van der Waals surface area contributed by atoms with Gasteiger partial charge >= 0.3 is 5.97 Å². The number of oxazole rings is 1. The van der Waals surface area contributed by atoms with Crippen molar-refractivity contribution in [2.75, 3.05) is 0 Å². The second-order valence-electron chi connectivity index (χ2n) is 2.66. The fourth-order valence-electron chi connectivity index (χ4n) is 0.985. The van der Waals surface area contributed by atoms with E-state index in [2.05, 4.69) is 4.98 Å². The maximum atomic E-state index is 10.5. The highest BCUT2D eigenvalue weighted by atomic mass is 32.2. The molecule has 2 aromatic heterocycles. The molecule has 2 aromatic rings. The largest absolute Gasteiger partial charge is 0.475 e. The Bertz CT molecular complexity index is 448. The molecular weight excluding hydrogens is 218 g/mol. The van der Waals surface area contributed by atoms with Crippen molar-refractivity contribution in [2.45, 2.75) is 11.0 Å². The summed E-state index contributed by atoms with van der Waals surface area (Å²) >= 11 is 1.34. The zero-order chi connectivity index (χ0) is 10.7. The van der Waals surface area contributed by atoms with Crippen molar-refractivity contribution in [1.82, 2.24) is 4.98 Å². The van der Waals surface area contributed by atoms with Crippen molar-refractivity contribution in [1.29, 1.82) is 0 Å². The minimum Gasteiger partial charge on any atom is -0.475 e. The molecule has 0 bridgehead atoms. The summed E-state index contributed by atoms with van der Waals surface area (Å²) in [6.07, 6.45) is 3.03. The van der Waals surface area contributed by atoms with Crippen LogP contribution < -0.4 is 0 Å². The lowest BCUT2D eigenvalue weighted by Crippen LogP contribution is -1.91. The molecular formula is C9H7NO4S. The van der Waals surface area contributed by atoms with Crippen LogP contribution in [0, 0.1) is 0 Å². The number of nitrogens with zero attached hydrogens (tertiary/aromatic N) is 1. The van der Waals surface area contributed by atoms with Crippen LogP contribution in [0.15, 0.2) is 38.6 Å². The summed E-state index contributed by atoms with van der Waals surface area (Å²) in [7, 11) is 0. The van der Waals surface area contributed by atoms with Gasteiger partial charge in [-0.15, -0.1) is 0 Å². The normalized spacial score (nSPS) is 10.4. The van der Waals surface area contributed by atoms with Crippen LogP contribution in [0.5, 0.6) is 0 Å². The molecule has 0 aromatic carbocycles. The molecule has 0 saturated heterocycles. The summed E-state index contributed by atoms with van der Waals surface area (Å²) in [5.74, 6) is -0.0515. The highest BCUT2D eigenvalue weighted by Gasteiger charge is 2.09. The van der Waals surface area contributed by atoms with Crippen molar-refractivity contribution >= 4 is 17.7 Å². The fraction of sp³-hybridized carbons (Fsp3) is 0.111. The van der Waals surface area contributed by atoms with E-state index >= 15 is 0 Å². The van der Waals surface area contributed by atoms with Gasteiger partial charge in [0, 0.05) is 0 Å². The van der Waals surface area contributed by atoms with Gasteiger partial charge in [0.1, 0.15) is 12.0 Å². The molecule has 0 aliphatic rings. The first-order valence-electron chi connectivity index (χ1n) is 4.10. The van der Waals surface area contributed by atoms with Gasteiger partial charge in [-0.2, -0.15) is 0 Å². The Balaban J connectivity index is 1.96. The number of aromatic carboxylic acids is 1. The van der Waals surface area contributed by atoms with Crippen LogP contribution in [0.2, 0.25) is 0 Å². The molecule has 0 atom stereocenters. The van der Waals surface area contributed by atoms with E-state index in [9.17, 15) is 4.79 Å². The molecule has 15 heavy (non-hydrogen) atoms. The highest BCUT2D eigenvalue weighted by molar-refractivity contribution is 7.98. The van der Waals surface area contributed by atoms with Gasteiger partial charge in [0.15, 0.2) is 0 Å². The van der Waals surface area contributed by atoms with E-state index in [1.807, 2.05) is 0 Å². The Morgan fingerprint density at radius 3 is 3.00 bits per heavy atom. The molecule has 0 fully saturated rings. The van der Waals surface area contributed by atoms with E-state index in [-0.39, 0.29) is 5.76 Å². The molecule has 0 aliphatic carbocycles. The van der Waals surface area contributed by atoms with E-state index < -0.39 is 5.97 Å². The quantitative estimate of drug-likeness (QED) is 0.804. The molecule has 0 unspecified atom stereocenters. The molecule has 0 amide bonds. The Hall–Kier alpha value is -1.69. The standard InChI is InChI=1S/C9H7NO4S/c11-8(12)7-2-1-6(14-7)5-15-9-10-3-4-13-9/h1-4H,5H2,(H,11,12). The number of hydrogen-bond acceptors (Lipinski definition) is 5. The van der Waals surface area contributed by atoms with E-state index in [1.165, 1.54) is 24.1 Å². The topological polar surface area (TPSA) is 76.5 Å². The Morgan fingerprint density at radius 1 is 1.53 bits per heavy atom. The third kappa shape index (κ3) is 2.41. The Kier molecular flexibility index (Phi) is 2.77. The summed E-state index contributed by atoms with van der Waals surface area (Å²) in [5.41, 5.74) is 0. The van der Waals surface area contributed by atoms with Crippen LogP contribution in [0.3, 0.4) is 0 Å². The lowest BCUT2D eigenvalue weighted by molar-refractivity contribution is 0.0661. The van der Waals surface area contributed by atoms with Gasteiger partial charge in [-0.1, -0.05) is 11.8 Å². The molecule has 2 rings (SSSR count). The first-order valence-corrected chi connectivity index (χ1v) is 5.08. The van der Waals surface area contributed by atoms with E-state index in [1.54, 1.807) is 12.3 Å². The molecule has 0 radical (unpaired) electrons. The van der Waals surface area contributed by atoms with E-state index in [0.29, 0.717) is 16.7 Å². The smallest absolute Gasteiger partial charge is 0.371 e. The SMILES string of the molecule is O=C(O)c1ccc(CSc2ncco2)o1. The molecule has 0 aliphatic heterocycles. The van der Waals surface area contributed by atoms with E-state index in [4.69, 9.17) is 13.9 Å². The third-order valence-electron chi connectivity index (χ3n) is 1.62. The zero-order valence-electron chi connectivity index (χ0n) is 7.54. The van der Waals surface area contributed by atoms with Crippen LogP contribution in [0.4, 0.5) is 0 Å². The molecule has 5 nitrogen and oxygen atoms in total. The summed E-state index contributed by atoms with van der Waals surface area (Å²) in [4.78, 5) is 14.4. The molecule has 0 saturated carbocycles. The maximum Gasteiger partial charge on any atom is 0.371 e. The number of carboxylic acid groups (broad SMARTS) is 1. The molecule has 78 valence electrons. The predicted molar refractivity (Wildman–Crippen MR) is 51.7 cm³/mol. The van der Waals surface area contributed by atoms with Gasteiger partial charge in [0.2, 0.25) is 5.76 Å². The lowest BCUT2D eigenvalue weighted by atomic mass is 10.4. The van der Waals surface area contributed by atoms with Gasteiger partial charge in [-0.05, 0) is 12.1 Å². The summed E-state index contributed by atoms with van der Waals surface area (Å²) in [5, 5.41) is 9.15. The lowest BCUT2D eigenvalue weighted by Gasteiger charge is -1.92. The van der Waals surface area contributed by atoms with Gasteiger partial charge in [-0.3, -0.25) is 0 Å². The van der Waals surface area contributed by atoms with Crippen molar-refractivity contribution in [3.05, 3.63) is 36.1 Å². The highest BCUT2D eigenvalue weighted by Crippen LogP contribution is 2.21. The number of thioether (sulfide) groups is 1. The summed E-state index contributed by atoms with van der Waals surface area (Å²) < 4.78 is 10.1. The van der Waals surface area contributed by atoms with Gasteiger partial charge in [-0.25, -0.2) is 9.78 Å². The first-order chi connectivity index (χ1) is 7.25. The third-order valence-corrected chi connectivity index (χ3v) is 2.50. The van der Waals surface area contributed by atoms with Gasteiger partial charge < -0.3 is 13.9 Å². The van der Waals surface area contributed by atoms with Crippen LogP contribution in [0.25, 0.3) is 0 Å². The van der Waals surface area contributed by atoms with Crippen LogP contribution >= 0.6 is 11.8 Å². The van der Waals surface area contributed by atoms with Crippen molar-refractivity contribution in [3.8, 4) is 0 Å². The predicted octanol–water partition coefficient (Wildman–Crippen LogP) is 2.26. The summed E-state index contributed by atoms with van der Waals surface area (Å²) in [6.45, 7) is 0. The van der Waals surface area contributed by atoms with Crippen LogP contribution in [-0.2, 0) is 5.75 Å². The average molecular weight is 225 g/mol. The average Bonchev–Trinajstić information content (AvgIpc) is 2.86. The number of furan rings is 1. The molecule has 1 N–H and O–H groups in total. The number of hydrogen-bond donors (Lipinski definition) is 1. The molecule has 0 spiro atoms. The minimum absolute atomic E-state index is 0.0574. The maximum absolute atomic E-state index is 10.5.